The fraction of sp³-hybridized carbons (Fsp3) is 0.0833. The van der Waals surface area contributed by atoms with Gasteiger partial charge in [0.25, 0.3) is 0 Å². The number of benzene rings is 1. The van der Waals surface area contributed by atoms with Gasteiger partial charge in [-0.3, -0.25) is 0 Å². The zero-order valence-electron chi connectivity index (χ0n) is 8.37. The van der Waals surface area contributed by atoms with E-state index in [-0.39, 0.29) is 5.82 Å². The Bertz CT molecular complexity index is 474. The van der Waals surface area contributed by atoms with Crippen molar-refractivity contribution in [2.75, 3.05) is 5.73 Å². The van der Waals surface area contributed by atoms with E-state index in [0.717, 1.165) is 11.1 Å². The number of aryl methyl sites for hydroxylation is 1. The van der Waals surface area contributed by atoms with Crippen LogP contribution < -0.4 is 5.73 Å². The van der Waals surface area contributed by atoms with Gasteiger partial charge in [-0.05, 0) is 42.8 Å². The van der Waals surface area contributed by atoms with E-state index in [1.807, 2.05) is 19.1 Å². The van der Waals surface area contributed by atoms with Gasteiger partial charge in [0.05, 0.1) is 5.69 Å². The molecule has 0 aliphatic heterocycles. The number of rotatable bonds is 1. The van der Waals surface area contributed by atoms with Crippen molar-refractivity contribution in [1.82, 2.24) is 4.98 Å². The standard InChI is InChI=1S/C12H11FN2/c1-8-5-9(7-10(13)6-8)11-3-2-4-12(14)15-11/h2-7H,1H3,(H2,14,15). The summed E-state index contributed by atoms with van der Waals surface area (Å²) in [5, 5.41) is 0. The molecule has 15 heavy (non-hydrogen) atoms. The lowest BCUT2D eigenvalue weighted by molar-refractivity contribution is 0.627. The highest BCUT2D eigenvalue weighted by atomic mass is 19.1. The number of nitrogen functional groups attached to an aromatic ring is 1. The Hall–Kier alpha value is -1.90. The minimum atomic E-state index is -0.255. The smallest absolute Gasteiger partial charge is 0.124 e. The molecule has 0 amide bonds. The van der Waals surface area contributed by atoms with Crippen LogP contribution in [-0.2, 0) is 0 Å². The van der Waals surface area contributed by atoms with Crippen molar-refractivity contribution < 1.29 is 4.39 Å². The van der Waals surface area contributed by atoms with Crippen molar-refractivity contribution in [3.05, 3.63) is 47.8 Å². The second-order valence-corrected chi connectivity index (χ2v) is 3.46. The molecule has 0 saturated heterocycles. The molecule has 0 saturated carbocycles. The van der Waals surface area contributed by atoms with Gasteiger partial charge in [0.2, 0.25) is 0 Å². The minimum Gasteiger partial charge on any atom is -0.384 e. The fourth-order valence-corrected chi connectivity index (χ4v) is 1.50. The number of pyridine rings is 1. The summed E-state index contributed by atoms with van der Waals surface area (Å²) in [6, 6.07) is 10.1. The third-order valence-electron chi connectivity index (χ3n) is 2.11. The molecule has 3 heteroatoms. The molecule has 0 aliphatic rings. The summed E-state index contributed by atoms with van der Waals surface area (Å²) in [6.07, 6.45) is 0. The highest BCUT2D eigenvalue weighted by molar-refractivity contribution is 5.61. The Morgan fingerprint density at radius 1 is 1.20 bits per heavy atom. The molecule has 2 aromatic rings. The molecule has 2 N–H and O–H groups in total. The zero-order valence-corrected chi connectivity index (χ0v) is 8.37. The van der Waals surface area contributed by atoms with Crippen molar-refractivity contribution in [1.29, 1.82) is 0 Å². The molecule has 0 unspecified atom stereocenters. The van der Waals surface area contributed by atoms with Gasteiger partial charge in [0.1, 0.15) is 11.6 Å². The highest BCUT2D eigenvalue weighted by Crippen LogP contribution is 2.20. The van der Waals surface area contributed by atoms with Crippen molar-refractivity contribution >= 4 is 5.82 Å². The van der Waals surface area contributed by atoms with Crippen molar-refractivity contribution in [2.24, 2.45) is 0 Å². The molecule has 2 rings (SSSR count). The van der Waals surface area contributed by atoms with Gasteiger partial charge in [-0.1, -0.05) is 6.07 Å². The van der Waals surface area contributed by atoms with E-state index in [2.05, 4.69) is 4.98 Å². The van der Waals surface area contributed by atoms with E-state index in [0.29, 0.717) is 11.5 Å². The molecule has 0 atom stereocenters. The predicted octanol–water partition coefficient (Wildman–Crippen LogP) is 2.78. The Labute approximate surface area is 87.6 Å². The predicted molar refractivity (Wildman–Crippen MR) is 58.8 cm³/mol. The molecule has 2 nitrogen and oxygen atoms in total. The SMILES string of the molecule is Cc1cc(F)cc(-c2cccc(N)n2)c1. The van der Waals surface area contributed by atoms with Gasteiger partial charge in [-0.25, -0.2) is 9.37 Å². The van der Waals surface area contributed by atoms with E-state index < -0.39 is 0 Å². The molecular weight excluding hydrogens is 191 g/mol. The van der Waals surface area contributed by atoms with Crippen LogP contribution in [0.1, 0.15) is 5.56 Å². The van der Waals surface area contributed by atoms with Crippen LogP contribution in [0.25, 0.3) is 11.3 Å². The lowest BCUT2D eigenvalue weighted by Gasteiger charge is -2.03. The van der Waals surface area contributed by atoms with Gasteiger partial charge in [-0.2, -0.15) is 0 Å². The second kappa shape index (κ2) is 3.69. The second-order valence-electron chi connectivity index (χ2n) is 3.46. The third-order valence-corrected chi connectivity index (χ3v) is 2.11. The molecule has 0 spiro atoms. The largest absolute Gasteiger partial charge is 0.384 e. The molecule has 1 aromatic carbocycles. The third kappa shape index (κ3) is 2.13. The molecule has 0 aliphatic carbocycles. The maximum absolute atomic E-state index is 13.2. The first-order valence-corrected chi connectivity index (χ1v) is 4.65. The van der Waals surface area contributed by atoms with Gasteiger partial charge in [0.15, 0.2) is 0 Å². The van der Waals surface area contributed by atoms with Crippen LogP contribution in [0.3, 0.4) is 0 Å². The maximum atomic E-state index is 13.2. The Morgan fingerprint density at radius 3 is 2.67 bits per heavy atom. The summed E-state index contributed by atoms with van der Waals surface area (Å²) < 4.78 is 13.2. The van der Waals surface area contributed by atoms with Gasteiger partial charge >= 0.3 is 0 Å². The first-order chi connectivity index (χ1) is 7.15. The number of aromatic nitrogens is 1. The summed E-state index contributed by atoms with van der Waals surface area (Å²) in [7, 11) is 0. The summed E-state index contributed by atoms with van der Waals surface area (Å²) in [6.45, 7) is 1.85. The average molecular weight is 202 g/mol. The molecule has 76 valence electrons. The average Bonchev–Trinajstić information content (AvgIpc) is 2.16. The molecule has 1 heterocycles. The quantitative estimate of drug-likeness (QED) is 0.772. The molecule has 0 bridgehead atoms. The van der Waals surface area contributed by atoms with Crippen LogP contribution in [-0.4, -0.2) is 4.98 Å². The monoisotopic (exact) mass is 202 g/mol. The topological polar surface area (TPSA) is 38.9 Å². The number of nitrogens with zero attached hydrogens (tertiary/aromatic N) is 1. The number of hydrogen-bond donors (Lipinski definition) is 1. The Kier molecular flexibility index (Phi) is 2.37. The zero-order chi connectivity index (χ0) is 10.8. The van der Waals surface area contributed by atoms with Crippen LogP contribution >= 0.6 is 0 Å². The summed E-state index contributed by atoms with van der Waals surface area (Å²) >= 11 is 0. The summed E-state index contributed by atoms with van der Waals surface area (Å²) in [4.78, 5) is 4.14. The summed E-state index contributed by atoms with van der Waals surface area (Å²) in [5.74, 6) is 0.184. The van der Waals surface area contributed by atoms with Crippen LogP contribution in [0.5, 0.6) is 0 Å². The number of hydrogen-bond acceptors (Lipinski definition) is 2. The number of nitrogens with two attached hydrogens (primary N) is 1. The highest BCUT2D eigenvalue weighted by Gasteiger charge is 2.02. The van der Waals surface area contributed by atoms with Crippen molar-refractivity contribution in [3.8, 4) is 11.3 Å². The van der Waals surface area contributed by atoms with Crippen LogP contribution in [0.15, 0.2) is 36.4 Å². The van der Waals surface area contributed by atoms with E-state index in [1.54, 1.807) is 12.1 Å². The lowest BCUT2D eigenvalue weighted by atomic mass is 10.1. The van der Waals surface area contributed by atoms with E-state index in [4.69, 9.17) is 5.73 Å². The first-order valence-electron chi connectivity index (χ1n) is 4.65. The molecule has 0 radical (unpaired) electrons. The Morgan fingerprint density at radius 2 is 2.00 bits per heavy atom. The van der Waals surface area contributed by atoms with Gasteiger partial charge in [0, 0.05) is 5.56 Å². The normalized spacial score (nSPS) is 10.3. The molecular formula is C12H11FN2. The van der Waals surface area contributed by atoms with E-state index in [9.17, 15) is 4.39 Å². The lowest BCUT2D eigenvalue weighted by Crippen LogP contribution is -1.92. The minimum absolute atomic E-state index is 0.255. The number of halogens is 1. The molecule has 1 aromatic heterocycles. The van der Waals surface area contributed by atoms with Crippen LogP contribution in [0, 0.1) is 12.7 Å². The van der Waals surface area contributed by atoms with Crippen molar-refractivity contribution in [3.63, 3.8) is 0 Å². The Balaban J connectivity index is 2.54. The summed E-state index contributed by atoms with van der Waals surface area (Å²) in [5.41, 5.74) is 7.88. The van der Waals surface area contributed by atoms with Crippen LogP contribution in [0.2, 0.25) is 0 Å². The van der Waals surface area contributed by atoms with E-state index in [1.165, 1.54) is 12.1 Å². The van der Waals surface area contributed by atoms with E-state index >= 15 is 0 Å². The number of anilines is 1. The molecule has 0 fully saturated rings. The van der Waals surface area contributed by atoms with Crippen molar-refractivity contribution in [2.45, 2.75) is 6.92 Å². The van der Waals surface area contributed by atoms with Gasteiger partial charge < -0.3 is 5.73 Å². The maximum Gasteiger partial charge on any atom is 0.124 e. The van der Waals surface area contributed by atoms with Gasteiger partial charge in [-0.15, -0.1) is 0 Å². The first kappa shape index (κ1) is 9.65. The van der Waals surface area contributed by atoms with Crippen LogP contribution in [0.4, 0.5) is 10.2 Å². The fourth-order valence-electron chi connectivity index (χ4n) is 1.50.